The van der Waals surface area contributed by atoms with Crippen LogP contribution in [0.2, 0.25) is 0 Å². The molecule has 0 saturated heterocycles. The lowest BCUT2D eigenvalue weighted by atomic mass is 10.1. The highest BCUT2D eigenvalue weighted by Crippen LogP contribution is 2.20. The van der Waals surface area contributed by atoms with Crippen molar-refractivity contribution in [3.05, 3.63) is 65.9 Å². The molecule has 122 valence electrons. The Morgan fingerprint density at radius 1 is 1.04 bits per heavy atom. The van der Waals surface area contributed by atoms with Crippen LogP contribution in [0.15, 0.2) is 59.0 Å². The standard InChI is InChI=1S/C19H18N2O3/c1-21(2)18(22)11-13-7-9-15(10-8-13)20-19(23)17-12-14-5-3-4-6-16(14)24-17/h3-10,12H,11H2,1-2H3,(H,20,23). The van der Waals surface area contributed by atoms with Gasteiger partial charge in [-0.1, -0.05) is 30.3 Å². The highest BCUT2D eigenvalue weighted by Gasteiger charge is 2.12. The molecule has 3 rings (SSSR count). The molecule has 0 radical (unpaired) electrons. The Hall–Kier alpha value is -3.08. The van der Waals surface area contributed by atoms with Gasteiger partial charge in [0.1, 0.15) is 5.58 Å². The zero-order valence-corrected chi connectivity index (χ0v) is 13.6. The van der Waals surface area contributed by atoms with Crippen molar-refractivity contribution in [1.82, 2.24) is 4.90 Å². The lowest BCUT2D eigenvalue weighted by Gasteiger charge is -2.10. The molecule has 1 N–H and O–H groups in total. The molecule has 0 unspecified atom stereocenters. The predicted octanol–water partition coefficient (Wildman–Crippen LogP) is 3.32. The highest BCUT2D eigenvalue weighted by atomic mass is 16.3. The van der Waals surface area contributed by atoms with Gasteiger partial charge in [-0.25, -0.2) is 0 Å². The van der Waals surface area contributed by atoms with Crippen LogP contribution in [0.5, 0.6) is 0 Å². The maximum Gasteiger partial charge on any atom is 0.291 e. The number of benzene rings is 2. The van der Waals surface area contributed by atoms with E-state index in [2.05, 4.69) is 5.32 Å². The van der Waals surface area contributed by atoms with Crippen LogP contribution in [-0.2, 0) is 11.2 Å². The van der Waals surface area contributed by atoms with Crippen molar-refractivity contribution in [2.24, 2.45) is 0 Å². The fourth-order valence-corrected chi connectivity index (χ4v) is 2.33. The fourth-order valence-electron chi connectivity index (χ4n) is 2.33. The smallest absolute Gasteiger partial charge is 0.291 e. The van der Waals surface area contributed by atoms with E-state index in [1.165, 1.54) is 0 Å². The molecule has 2 amide bonds. The SMILES string of the molecule is CN(C)C(=O)Cc1ccc(NC(=O)c2cc3ccccc3o2)cc1. The number of furan rings is 1. The van der Waals surface area contributed by atoms with Gasteiger partial charge in [-0.2, -0.15) is 0 Å². The van der Waals surface area contributed by atoms with Gasteiger partial charge in [0, 0.05) is 25.2 Å². The average Bonchev–Trinajstić information content (AvgIpc) is 3.00. The van der Waals surface area contributed by atoms with E-state index in [4.69, 9.17) is 4.42 Å². The van der Waals surface area contributed by atoms with Gasteiger partial charge >= 0.3 is 0 Å². The van der Waals surface area contributed by atoms with Crippen LogP contribution in [0.25, 0.3) is 11.0 Å². The summed E-state index contributed by atoms with van der Waals surface area (Å²) in [4.78, 5) is 25.5. The molecule has 0 saturated carbocycles. The molecule has 1 heterocycles. The summed E-state index contributed by atoms with van der Waals surface area (Å²) in [5.41, 5.74) is 2.23. The molecule has 5 nitrogen and oxygen atoms in total. The van der Waals surface area contributed by atoms with E-state index in [9.17, 15) is 9.59 Å². The first-order valence-electron chi connectivity index (χ1n) is 7.62. The first-order valence-corrected chi connectivity index (χ1v) is 7.62. The normalized spacial score (nSPS) is 10.6. The molecular weight excluding hydrogens is 304 g/mol. The van der Waals surface area contributed by atoms with Crippen LogP contribution in [0, 0.1) is 0 Å². The number of carbonyl (C=O) groups is 2. The van der Waals surface area contributed by atoms with E-state index in [1.807, 2.05) is 36.4 Å². The molecule has 0 aliphatic heterocycles. The topological polar surface area (TPSA) is 62.6 Å². The van der Waals surface area contributed by atoms with Crippen molar-refractivity contribution in [2.45, 2.75) is 6.42 Å². The largest absolute Gasteiger partial charge is 0.451 e. The van der Waals surface area contributed by atoms with Gasteiger partial charge in [0.2, 0.25) is 5.91 Å². The van der Waals surface area contributed by atoms with Gasteiger partial charge in [-0.3, -0.25) is 9.59 Å². The second-order valence-electron chi connectivity index (χ2n) is 5.76. The van der Waals surface area contributed by atoms with Crippen molar-refractivity contribution >= 4 is 28.5 Å². The molecule has 5 heteroatoms. The predicted molar refractivity (Wildman–Crippen MR) is 93.0 cm³/mol. The third-order valence-corrected chi connectivity index (χ3v) is 3.72. The second kappa shape index (κ2) is 6.58. The number of likely N-dealkylation sites (N-methyl/N-ethyl adjacent to an activating group) is 1. The van der Waals surface area contributed by atoms with E-state index in [0.717, 1.165) is 10.9 Å². The molecule has 1 aromatic heterocycles. The minimum atomic E-state index is -0.302. The first-order chi connectivity index (χ1) is 11.5. The molecule has 0 aliphatic carbocycles. The van der Waals surface area contributed by atoms with E-state index >= 15 is 0 Å². The number of amides is 2. The van der Waals surface area contributed by atoms with Crippen molar-refractivity contribution in [3.8, 4) is 0 Å². The summed E-state index contributed by atoms with van der Waals surface area (Å²) in [5, 5.41) is 3.68. The Morgan fingerprint density at radius 2 is 1.75 bits per heavy atom. The minimum Gasteiger partial charge on any atom is -0.451 e. The van der Waals surface area contributed by atoms with Crippen LogP contribution in [0.3, 0.4) is 0 Å². The lowest BCUT2D eigenvalue weighted by molar-refractivity contribution is -0.127. The Kier molecular flexibility index (Phi) is 4.33. The summed E-state index contributed by atoms with van der Waals surface area (Å²) in [6.07, 6.45) is 0.338. The first kappa shape index (κ1) is 15.8. The van der Waals surface area contributed by atoms with Crippen molar-refractivity contribution < 1.29 is 14.0 Å². The number of nitrogens with zero attached hydrogens (tertiary/aromatic N) is 1. The Morgan fingerprint density at radius 3 is 2.42 bits per heavy atom. The summed E-state index contributed by atoms with van der Waals surface area (Å²) in [6, 6.07) is 16.4. The van der Waals surface area contributed by atoms with Gasteiger partial charge in [0.05, 0.1) is 6.42 Å². The quantitative estimate of drug-likeness (QED) is 0.801. The number of para-hydroxylation sites is 1. The van der Waals surface area contributed by atoms with E-state index in [0.29, 0.717) is 17.7 Å². The van der Waals surface area contributed by atoms with Gasteiger partial charge in [0.25, 0.3) is 5.91 Å². The molecule has 0 spiro atoms. The van der Waals surface area contributed by atoms with Crippen molar-refractivity contribution in [1.29, 1.82) is 0 Å². The Labute approximate surface area is 139 Å². The number of rotatable bonds is 4. The number of hydrogen-bond acceptors (Lipinski definition) is 3. The maximum absolute atomic E-state index is 12.3. The zero-order chi connectivity index (χ0) is 17.1. The second-order valence-corrected chi connectivity index (χ2v) is 5.76. The van der Waals surface area contributed by atoms with Gasteiger partial charge in [-0.05, 0) is 29.8 Å². The third kappa shape index (κ3) is 3.46. The third-order valence-electron chi connectivity index (χ3n) is 3.72. The number of hydrogen-bond donors (Lipinski definition) is 1. The monoisotopic (exact) mass is 322 g/mol. The molecule has 24 heavy (non-hydrogen) atoms. The summed E-state index contributed by atoms with van der Waals surface area (Å²) < 4.78 is 5.54. The maximum atomic E-state index is 12.3. The number of anilines is 1. The Bertz CT molecular complexity index is 846. The number of nitrogens with one attached hydrogen (secondary N) is 1. The van der Waals surface area contributed by atoms with Gasteiger partial charge in [-0.15, -0.1) is 0 Å². The number of fused-ring (bicyclic) bond motifs is 1. The average molecular weight is 322 g/mol. The Balaban J connectivity index is 1.69. The van der Waals surface area contributed by atoms with Crippen LogP contribution in [0.1, 0.15) is 16.1 Å². The van der Waals surface area contributed by atoms with E-state index in [1.54, 1.807) is 37.2 Å². The summed E-state index contributed by atoms with van der Waals surface area (Å²) >= 11 is 0. The molecular formula is C19H18N2O3. The summed E-state index contributed by atoms with van der Waals surface area (Å²) in [7, 11) is 3.45. The van der Waals surface area contributed by atoms with Gasteiger partial charge < -0.3 is 14.6 Å². The van der Waals surface area contributed by atoms with Crippen LogP contribution >= 0.6 is 0 Å². The zero-order valence-electron chi connectivity index (χ0n) is 13.6. The van der Waals surface area contributed by atoms with E-state index < -0.39 is 0 Å². The highest BCUT2D eigenvalue weighted by molar-refractivity contribution is 6.04. The van der Waals surface area contributed by atoms with Gasteiger partial charge in [0.15, 0.2) is 5.76 Å². The van der Waals surface area contributed by atoms with Crippen LogP contribution in [0.4, 0.5) is 5.69 Å². The lowest BCUT2D eigenvalue weighted by Crippen LogP contribution is -2.23. The fraction of sp³-hybridized carbons (Fsp3) is 0.158. The molecule has 3 aromatic rings. The molecule has 0 aliphatic rings. The van der Waals surface area contributed by atoms with Crippen molar-refractivity contribution in [3.63, 3.8) is 0 Å². The minimum absolute atomic E-state index is 0.0362. The molecule has 0 bridgehead atoms. The van der Waals surface area contributed by atoms with Crippen LogP contribution < -0.4 is 5.32 Å². The molecule has 2 aromatic carbocycles. The number of carbonyl (C=O) groups excluding carboxylic acids is 2. The van der Waals surface area contributed by atoms with E-state index in [-0.39, 0.29) is 17.6 Å². The molecule has 0 fully saturated rings. The molecule has 0 atom stereocenters. The van der Waals surface area contributed by atoms with Crippen LogP contribution in [-0.4, -0.2) is 30.8 Å². The van der Waals surface area contributed by atoms with Crippen molar-refractivity contribution in [2.75, 3.05) is 19.4 Å². The summed E-state index contributed by atoms with van der Waals surface area (Å²) in [6.45, 7) is 0. The summed E-state index contributed by atoms with van der Waals surface area (Å²) in [5.74, 6) is 0.000409.